The standard InChI is InChI=1S/C14H15NO2.C5H13NO/c1-17-9-6-7-11-13(8-9)15-12-5-3-2-4-10(12)14(11)16;1-7-5-3-2-4-6/h6-8H,2-5H2,1H3,(H,15,16);2-6H2,1H3. The molecule has 1 aromatic carbocycles. The fourth-order valence-electron chi connectivity index (χ4n) is 2.96. The predicted molar refractivity (Wildman–Crippen MR) is 97.9 cm³/mol. The quantitative estimate of drug-likeness (QED) is 0.825. The van der Waals surface area contributed by atoms with Gasteiger partial charge in [0.25, 0.3) is 0 Å². The van der Waals surface area contributed by atoms with E-state index < -0.39 is 0 Å². The van der Waals surface area contributed by atoms with Crippen LogP contribution in [-0.4, -0.2) is 32.4 Å². The van der Waals surface area contributed by atoms with Crippen LogP contribution in [0.25, 0.3) is 10.9 Å². The van der Waals surface area contributed by atoms with Crippen LogP contribution in [0.3, 0.4) is 0 Å². The van der Waals surface area contributed by atoms with Crippen molar-refractivity contribution < 1.29 is 9.47 Å². The number of H-pyrrole nitrogens is 1. The van der Waals surface area contributed by atoms with Gasteiger partial charge in [-0.05, 0) is 57.2 Å². The zero-order chi connectivity index (χ0) is 17.4. The zero-order valence-electron chi connectivity index (χ0n) is 14.7. The number of fused-ring (bicyclic) bond motifs is 2. The molecule has 1 aromatic heterocycles. The molecule has 132 valence electrons. The first-order valence-electron chi connectivity index (χ1n) is 8.62. The van der Waals surface area contributed by atoms with Crippen molar-refractivity contribution in [1.29, 1.82) is 0 Å². The Labute approximate surface area is 143 Å². The summed E-state index contributed by atoms with van der Waals surface area (Å²) < 4.78 is 9.97. The highest BCUT2D eigenvalue weighted by Crippen LogP contribution is 2.22. The normalized spacial score (nSPS) is 13.1. The largest absolute Gasteiger partial charge is 0.497 e. The van der Waals surface area contributed by atoms with Gasteiger partial charge in [0.05, 0.1) is 12.6 Å². The van der Waals surface area contributed by atoms with Crippen LogP contribution in [0.5, 0.6) is 5.75 Å². The van der Waals surface area contributed by atoms with Crippen LogP contribution in [0.15, 0.2) is 23.0 Å². The number of aromatic amines is 1. The van der Waals surface area contributed by atoms with Crippen molar-refractivity contribution in [3.63, 3.8) is 0 Å². The average Bonchev–Trinajstić information content (AvgIpc) is 2.62. The fourth-order valence-corrected chi connectivity index (χ4v) is 2.96. The molecule has 1 aliphatic rings. The number of hydrogen-bond acceptors (Lipinski definition) is 4. The van der Waals surface area contributed by atoms with E-state index in [-0.39, 0.29) is 5.43 Å². The summed E-state index contributed by atoms with van der Waals surface area (Å²) in [6.07, 6.45) is 6.35. The number of ether oxygens (including phenoxy) is 2. The maximum atomic E-state index is 12.3. The van der Waals surface area contributed by atoms with E-state index in [0.717, 1.165) is 73.2 Å². The third-order valence-electron chi connectivity index (χ3n) is 4.30. The van der Waals surface area contributed by atoms with Crippen LogP contribution < -0.4 is 15.9 Å². The summed E-state index contributed by atoms with van der Waals surface area (Å²) >= 11 is 0. The van der Waals surface area contributed by atoms with Crippen LogP contribution in [0, 0.1) is 0 Å². The molecule has 0 amide bonds. The smallest absolute Gasteiger partial charge is 0.192 e. The highest BCUT2D eigenvalue weighted by molar-refractivity contribution is 5.81. The van der Waals surface area contributed by atoms with Crippen LogP contribution in [0.4, 0.5) is 0 Å². The molecule has 0 spiro atoms. The number of benzene rings is 1. The molecular weight excluding hydrogens is 304 g/mol. The lowest BCUT2D eigenvalue weighted by atomic mass is 9.94. The molecule has 3 rings (SSSR count). The third kappa shape index (κ3) is 4.58. The van der Waals surface area contributed by atoms with Crippen molar-refractivity contribution in [3.8, 4) is 5.75 Å². The zero-order valence-corrected chi connectivity index (χ0v) is 14.7. The van der Waals surface area contributed by atoms with Gasteiger partial charge in [0.1, 0.15) is 5.75 Å². The minimum Gasteiger partial charge on any atom is -0.497 e. The summed E-state index contributed by atoms with van der Waals surface area (Å²) in [4.78, 5) is 15.7. The Morgan fingerprint density at radius 3 is 2.67 bits per heavy atom. The van der Waals surface area contributed by atoms with Gasteiger partial charge in [-0.3, -0.25) is 4.79 Å². The maximum Gasteiger partial charge on any atom is 0.192 e. The second-order valence-corrected chi connectivity index (χ2v) is 6.02. The van der Waals surface area contributed by atoms with Crippen LogP contribution in [-0.2, 0) is 17.6 Å². The lowest BCUT2D eigenvalue weighted by Gasteiger charge is -2.16. The molecule has 0 atom stereocenters. The van der Waals surface area contributed by atoms with E-state index in [9.17, 15) is 4.79 Å². The minimum absolute atomic E-state index is 0.191. The van der Waals surface area contributed by atoms with E-state index in [4.69, 9.17) is 15.2 Å². The number of aromatic nitrogens is 1. The van der Waals surface area contributed by atoms with Crippen molar-refractivity contribution in [2.45, 2.75) is 38.5 Å². The van der Waals surface area contributed by atoms with Gasteiger partial charge in [0.2, 0.25) is 0 Å². The van der Waals surface area contributed by atoms with Gasteiger partial charge in [-0.15, -0.1) is 0 Å². The van der Waals surface area contributed by atoms with E-state index in [1.807, 2.05) is 18.2 Å². The molecule has 0 bridgehead atoms. The van der Waals surface area contributed by atoms with Gasteiger partial charge in [0.15, 0.2) is 5.43 Å². The Bertz CT molecular complexity index is 706. The molecule has 5 heteroatoms. The van der Waals surface area contributed by atoms with Gasteiger partial charge in [0, 0.05) is 36.4 Å². The molecule has 24 heavy (non-hydrogen) atoms. The van der Waals surface area contributed by atoms with E-state index in [0.29, 0.717) is 0 Å². The summed E-state index contributed by atoms with van der Waals surface area (Å²) in [5.74, 6) is 0.781. The molecule has 0 saturated carbocycles. The number of methoxy groups -OCH3 is 2. The summed E-state index contributed by atoms with van der Waals surface area (Å²) in [6, 6.07) is 5.58. The number of unbranched alkanes of at least 4 members (excludes halogenated alkanes) is 1. The predicted octanol–water partition coefficient (Wildman–Crippen LogP) is 2.79. The first-order chi connectivity index (χ1) is 11.7. The third-order valence-corrected chi connectivity index (χ3v) is 4.30. The molecule has 0 fully saturated rings. The molecule has 2 aromatic rings. The first-order valence-corrected chi connectivity index (χ1v) is 8.62. The second kappa shape index (κ2) is 9.45. The maximum absolute atomic E-state index is 12.3. The molecular formula is C19H28N2O3. The van der Waals surface area contributed by atoms with Crippen LogP contribution in [0.2, 0.25) is 0 Å². The average molecular weight is 332 g/mol. The van der Waals surface area contributed by atoms with Crippen LogP contribution in [0.1, 0.15) is 36.9 Å². The fraction of sp³-hybridized carbons (Fsp3) is 0.526. The van der Waals surface area contributed by atoms with E-state index >= 15 is 0 Å². The van der Waals surface area contributed by atoms with Gasteiger partial charge in [-0.2, -0.15) is 0 Å². The van der Waals surface area contributed by atoms with Crippen molar-refractivity contribution in [2.75, 3.05) is 27.4 Å². The number of nitrogens with one attached hydrogen (secondary N) is 1. The van der Waals surface area contributed by atoms with Gasteiger partial charge >= 0.3 is 0 Å². The highest BCUT2D eigenvalue weighted by atomic mass is 16.5. The molecule has 0 unspecified atom stereocenters. The SMILES string of the molecule is COCCCCN.COc1ccc2c(=O)c3c([nH]c2c1)CCCC3. The Morgan fingerprint density at radius 1 is 1.17 bits per heavy atom. The van der Waals surface area contributed by atoms with E-state index in [1.165, 1.54) is 6.42 Å². The summed E-state index contributed by atoms with van der Waals surface area (Å²) in [7, 11) is 3.34. The van der Waals surface area contributed by atoms with Crippen molar-refractivity contribution in [2.24, 2.45) is 5.73 Å². The summed E-state index contributed by atoms with van der Waals surface area (Å²) in [6.45, 7) is 1.63. The molecule has 5 nitrogen and oxygen atoms in total. The first kappa shape index (κ1) is 18.5. The topological polar surface area (TPSA) is 77.3 Å². The number of pyridine rings is 1. The lowest BCUT2D eigenvalue weighted by Crippen LogP contribution is -2.18. The number of nitrogens with two attached hydrogens (primary N) is 1. The highest BCUT2D eigenvalue weighted by Gasteiger charge is 2.15. The number of hydrogen-bond donors (Lipinski definition) is 2. The van der Waals surface area contributed by atoms with Gasteiger partial charge < -0.3 is 20.2 Å². The van der Waals surface area contributed by atoms with Crippen molar-refractivity contribution in [3.05, 3.63) is 39.7 Å². The minimum atomic E-state index is 0.191. The van der Waals surface area contributed by atoms with E-state index in [2.05, 4.69) is 4.98 Å². The molecule has 3 N–H and O–H groups in total. The molecule has 0 radical (unpaired) electrons. The van der Waals surface area contributed by atoms with E-state index in [1.54, 1.807) is 14.2 Å². The second-order valence-electron chi connectivity index (χ2n) is 6.02. The molecule has 1 heterocycles. The number of aryl methyl sites for hydroxylation is 1. The Morgan fingerprint density at radius 2 is 1.96 bits per heavy atom. The Kier molecular flexibility index (Phi) is 7.28. The monoisotopic (exact) mass is 332 g/mol. The van der Waals surface area contributed by atoms with Crippen LogP contribution >= 0.6 is 0 Å². The van der Waals surface area contributed by atoms with Crippen molar-refractivity contribution >= 4 is 10.9 Å². The molecule has 0 aliphatic heterocycles. The van der Waals surface area contributed by atoms with Gasteiger partial charge in [-0.1, -0.05) is 0 Å². The Balaban J connectivity index is 0.000000256. The summed E-state index contributed by atoms with van der Waals surface area (Å²) in [5, 5.41) is 0.770. The molecule has 1 aliphatic carbocycles. The van der Waals surface area contributed by atoms with Gasteiger partial charge in [-0.25, -0.2) is 0 Å². The summed E-state index contributed by atoms with van der Waals surface area (Å²) in [5.41, 5.74) is 8.38. The Hall–Kier alpha value is -1.85. The molecule has 0 saturated heterocycles. The lowest BCUT2D eigenvalue weighted by molar-refractivity contribution is 0.193. The number of rotatable bonds is 5. The van der Waals surface area contributed by atoms with Crippen molar-refractivity contribution in [1.82, 2.24) is 4.98 Å².